The number of aromatic nitrogens is 3. The molecule has 3 aromatic heterocycles. The smallest absolute Gasteiger partial charge is 0.256 e. The molecule has 5 nitrogen and oxygen atoms in total. The van der Waals surface area contributed by atoms with Crippen LogP contribution in [0.4, 0.5) is 5.69 Å². The van der Waals surface area contributed by atoms with Gasteiger partial charge >= 0.3 is 0 Å². The number of H-pyrrole nitrogens is 1. The Kier molecular flexibility index (Phi) is 3.69. The molecule has 0 unspecified atom stereocenters. The average Bonchev–Trinajstić information content (AvgIpc) is 3.36. The molecule has 2 aromatic carbocycles. The highest BCUT2D eigenvalue weighted by Gasteiger charge is 2.12. The van der Waals surface area contributed by atoms with E-state index in [0.717, 1.165) is 38.3 Å². The van der Waals surface area contributed by atoms with Crippen LogP contribution in [-0.4, -0.2) is 20.9 Å². The van der Waals surface area contributed by atoms with Crippen LogP contribution in [0.15, 0.2) is 72.2 Å². The summed E-state index contributed by atoms with van der Waals surface area (Å²) in [7, 11) is 0. The van der Waals surface area contributed by atoms with E-state index in [2.05, 4.69) is 20.3 Å². The van der Waals surface area contributed by atoms with Gasteiger partial charge in [-0.25, -0.2) is 4.98 Å². The molecule has 2 N–H and O–H groups in total. The normalized spacial score (nSPS) is 11.1. The van der Waals surface area contributed by atoms with Crippen molar-refractivity contribution in [3.8, 4) is 10.7 Å². The molecule has 3 heterocycles. The number of imidazole rings is 1. The van der Waals surface area contributed by atoms with Crippen molar-refractivity contribution in [1.82, 2.24) is 15.0 Å². The van der Waals surface area contributed by atoms with Crippen molar-refractivity contribution >= 4 is 44.9 Å². The number of hydrogen-bond donors (Lipinski definition) is 2. The molecule has 0 saturated carbocycles. The molecular weight excluding hydrogens is 356 g/mol. The zero-order valence-electron chi connectivity index (χ0n) is 14.1. The number of rotatable bonds is 3. The van der Waals surface area contributed by atoms with Crippen LogP contribution in [0.1, 0.15) is 10.4 Å². The summed E-state index contributed by atoms with van der Waals surface area (Å²) in [4.78, 5) is 26.1. The molecule has 130 valence electrons. The molecule has 0 saturated heterocycles. The first-order chi connectivity index (χ1) is 13.3. The molecule has 0 spiro atoms. The fraction of sp³-hybridized carbons (Fsp3) is 0. The van der Waals surface area contributed by atoms with E-state index in [9.17, 15) is 4.79 Å². The van der Waals surface area contributed by atoms with Gasteiger partial charge in [-0.2, -0.15) is 0 Å². The maximum Gasteiger partial charge on any atom is 0.256 e. The topological polar surface area (TPSA) is 70.7 Å². The van der Waals surface area contributed by atoms with Crippen molar-refractivity contribution in [3.05, 3.63) is 77.8 Å². The van der Waals surface area contributed by atoms with Gasteiger partial charge in [0.2, 0.25) is 0 Å². The lowest BCUT2D eigenvalue weighted by Crippen LogP contribution is -2.12. The number of carbonyl (C=O) groups excluding carboxylic acids is 1. The van der Waals surface area contributed by atoms with Gasteiger partial charge in [-0.15, -0.1) is 11.3 Å². The molecule has 0 fully saturated rings. The van der Waals surface area contributed by atoms with Crippen LogP contribution in [-0.2, 0) is 0 Å². The number of carbonyl (C=O) groups is 1. The first-order valence-corrected chi connectivity index (χ1v) is 9.35. The Morgan fingerprint density at radius 3 is 2.85 bits per heavy atom. The van der Waals surface area contributed by atoms with Crippen molar-refractivity contribution in [2.24, 2.45) is 0 Å². The zero-order chi connectivity index (χ0) is 18.2. The fourth-order valence-corrected chi connectivity index (χ4v) is 3.79. The summed E-state index contributed by atoms with van der Waals surface area (Å²) in [6, 6.07) is 19.0. The van der Waals surface area contributed by atoms with Gasteiger partial charge in [0, 0.05) is 22.8 Å². The second-order valence-electron chi connectivity index (χ2n) is 6.12. The number of aromatic amines is 1. The first-order valence-electron chi connectivity index (χ1n) is 8.47. The minimum absolute atomic E-state index is 0.161. The summed E-state index contributed by atoms with van der Waals surface area (Å²) in [5, 5.41) is 5.83. The van der Waals surface area contributed by atoms with E-state index in [-0.39, 0.29) is 5.91 Å². The lowest BCUT2D eigenvalue weighted by Gasteiger charge is -2.07. The molecule has 6 heteroatoms. The number of hydrogen-bond acceptors (Lipinski definition) is 4. The fourth-order valence-electron chi connectivity index (χ4n) is 3.12. The third-order valence-corrected chi connectivity index (χ3v) is 5.26. The van der Waals surface area contributed by atoms with Crippen LogP contribution in [0.2, 0.25) is 0 Å². The Balaban J connectivity index is 1.48. The van der Waals surface area contributed by atoms with Crippen LogP contribution in [0, 0.1) is 0 Å². The van der Waals surface area contributed by atoms with Crippen LogP contribution >= 0.6 is 11.3 Å². The second kappa shape index (κ2) is 6.34. The number of pyridine rings is 1. The van der Waals surface area contributed by atoms with Gasteiger partial charge in [-0.05, 0) is 47.8 Å². The number of fused-ring (bicyclic) bond motifs is 2. The standard InChI is InChI=1S/C21H14N4OS/c26-21(15-4-1-6-16-14(15)5-2-10-22-16)23-13-8-9-17-18(12-13)25-20(24-17)19-7-3-11-27-19/h1-12H,(H,23,26)(H,24,25). The highest BCUT2D eigenvalue weighted by Crippen LogP contribution is 2.26. The molecule has 5 rings (SSSR count). The molecule has 0 radical (unpaired) electrons. The molecule has 0 bridgehead atoms. The van der Waals surface area contributed by atoms with Crippen molar-refractivity contribution in [1.29, 1.82) is 0 Å². The third-order valence-electron chi connectivity index (χ3n) is 4.38. The lowest BCUT2D eigenvalue weighted by atomic mass is 10.1. The summed E-state index contributed by atoms with van der Waals surface area (Å²) in [5.41, 5.74) is 3.87. The second-order valence-corrected chi connectivity index (χ2v) is 7.07. The average molecular weight is 370 g/mol. The summed E-state index contributed by atoms with van der Waals surface area (Å²) in [6.45, 7) is 0. The molecule has 5 aromatic rings. The third kappa shape index (κ3) is 2.86. The van der Waals surface area contributed by atoms with Gasteiger partial charge in [0.25, 0.3) is 5.91 Å². The van der Waals surface area contributed by atoms with Gasteiger partial charge in [0.15, 0.2) is 0 Å². The molecule has 0 aliphatic heterocycles. The molecule has 0 atom stereocenters. The largest absolute Gasteiger partial charge is 0.337 e. The summed E-state index contributed by atoms with van der Waals surface area (Å²) in [6.07, 6.45) is 1.72. The maximum atomic E-state index is 12.8. The monoisotopic (exact) mass is 370 g/mol. The predicted octanol–water partition coefficient (Wildman–Crippen LogP) is 5.09. The van der Waals surface area contributed by atoms with Crippen LogP contribution in [0.3, 0.4) is 0 Å². The zero-order valence-corrected chi connectivity index (χ0v) is 15.0. The Labute approximate surface area is 158 Å². The molecule has 0 aliphatic carbocycles. The van der Waals surface area contributed by atoms with Gasteiger partial charge in [-0.1, -0.05) is 18.2 Å². The number of nitrogens with zero attached hydrogens (tertiary/aromatic N) is 2. The predicted molar refractivity (Wildman–Crippen MR) is 109 cm³/mol. The Morgan fingerprint density at radius 1 is 1.00 bits per heavy atom. The molecule has 1 amide bonds. The van der Waals surface area contributed by atoms with Gasteiger partial charge in [-0.3, -0.25) is 9.78 Å². The van der Waals surface area contributed by atoms with Gasteiger partial charge < -0.3 is 10.3 Å². The quantitative estimate of drug-likeness (QED) is 0.465. The molecular formula is C21H14N4OS. The lowest BCUT2D eigenvalue weighted by molar-refractivity contribution is 0.102. The van der Waals surface area contributed by atoms with Crippen LogP contribution in [0.25, 0.3) is 32.6 Å². The van der Waals surface area contributed by atoms with Gasteiger partial charge in [0.05, 0.1) is 21.4 Å². The summed E-state index contributed by atoms with van der Waals surface area (Å²) in [5.74, 6) is 0.676. The molecule has 27 heavy (non-hydrogen) atoms. The Hall–Kier alpha value is -3.51. The highest BCUT2D eigenvalue weighted by atomic mass is 32.1. The van der Waals surface area contributed by atoms with E-state index < -0.39 is 0 Å². The number of nitrogens with one attached hydrogen (secondary N) is 2. The van der Waals surface area contributed by atoms with E-state index in [1.807, 2.05) is 66.0 Å². The minimum Gasteiger partial charge on any atom is -0.337 e. The van der Waals surface area contributed by atoms with E-state index >= 15 is 0 Å². The van der Waals surface area contributed by atoms with Crippen molar-refractivity contribution in [3.63, 3.8) is 0 Å². The number of benzene rings is 2. The van der Waals surface area contributed by atoms with E-state index in [1.54, 1.807) is 17.5 Å². The highest BCUT2D eigenvalue weighted by molar-refractivity contribution is 7.13. The maximum absolute atomic E-state index is 12.8. The van der Waals surface area contributed by atoms with Crippen molar-refractivity contribution in [2.45, 2.75) is 0 Å². The van der Waals surface area contributed by atoms with E-state index in [0.29, 0.717) is 5.56 Å². The van der Waals surface area contributed by atoms with Crippen molar-refractivity contribution in [2.75, 3.05) is 5.32 Å². The van der Waals surface area contributed by atoms with Gasteiger partial charge in [0.1, 0.15) is 5.82 Å². The SMILES string of the molecule is O=C(Nc1ccc2nc(-c3cccs3)[nH]c2c1)c1cccc2ncccc12. The van der Waals surface area contributed by atoms with E-state index in [1.165, 1.54) is 0 Å². The van der Waals surface area contributed by atoms with Crippen LogP contribution < -0.4 is 5.32 Å². The molecule has 0 aliphatic rings. The van der Waals surface area contributed by atoms with Crippen molar-refractivity contribution < 1.29 is 4.79 Å². The number of thiophene rings is 1. The minimum atomic E-state index is -0.161. The number of anilines is 1. The van der Waals surface area contributed by atoms with Crippen LogP contribution in [0.5, 0.6) is 0 Å². The Bertz CT molecular complexity index is 1270. The van der Waals surface area contributed by atoms with E-state index in [4.69, 9.17) is 0 Å². The Morgan fingerprint density at radius 2 is 1.96 bits per heavy atom. The first kappa shape index (κ1) is 15.7. The summed E-state index contributed by atoms with van der Waals surface area (Å²) >= 11 is 1.64. The number of amides is 1. The summed E-state index contributed by atoms with van der Waals surface area (Å²) < 4.78 is 0.